The number of rotatable bonds is 2. The summed E-state index contributed by atoms with van der Waals surface area (Å²) in [5, 5.41) is 0. The molecule has 0 aromatic carbocycles. The zero-order chi connectivity index (χ0) is 24.3. The van der Waals surface area contributed by atoms with E-state index >= 15 is 0 Å². The van der Waals surface area contributed by atoms with Crippen molar-refractivity contribution in [1.29, 1.82) is 0 Å². The molecule has 0 aromatic rings. The molecule has 0 spiro atoms. The van der Waals surface area contributed by atoms with Gasteiger partial charge in [0.2, 0.25) is 0 Å². The Morgan fingerprint density at radius 2 is 0.941 bits per heavy atom. The van der Waals surface area contributed by atoms with Crippen molar-refractivity contribution in [1.82, 2.24) is 0 Å². The molecule has 0 saturated heterocycles. The number of halogens is 2. The maximum absolute atomic E-state index is 3.43. The molecule has 0 nitrogen and oxygen atoms in total. The molecule has 0 unspecified atom stereocenters. The average Bonchev–Trinajstić information content (AvgIpc) is 3.48. The summed E-state index contributed by atoms with van der Waals surface area (Å²) in [6.45, 7) is 18.0. The van der Waals surface area contributed by atoms with Crippen molar-refractivity contribution in [2.24, 2.45) is 0 Å². The molecule has 0 N–H and O–H groups in total. The van der Waals surface area contributed by atoms with E-state index in [0.717, 1.165) is 25.7 Å². The van der Waals surface area contributed by atoms with Crippen LogP contribution in [0.4, 0.5) is 0 Å². The van der Waals surface area contributed by atoms with Gasteiger partial charge >= 0.3 is 83.7 Å². The van der Waals surface area contributed by atoms with Crippen LogP contribution >= 0.6 is 0 Å². The minimum absolute atomic E-state index is 0. The predicted octanol–water partition coefficient (Wildman–Crippen LogP) is 2.26. The van der Waals surface area contributed by atoms with E-state index in [-0.39, 0.29) is 35.7 Å². The Kier molecular flexibility index (Phi) is 21.4. The Labute approximate surface area is 252 Å². The molecule has 4 rings (SSSR count). The monoisotopic (exact) mass is 680 g/mol. The van der Waals surface area contributed by atoms with Crippen LogP contribution in [0, 0.1) is 12.2 Å². The molecule has 4 aliphatic rings. The van der Waals surface area contributed by atoms with Crippen LogP contribution in [-0.2, 0) is 46.7 Å². The van der Waals surface area contributed by atoms with E-state index in [2.05, 4.69) is 102 Å². The minimum atomic E-state index is 0. The van der Waals surface area contributed by atoms with Crippen LogP contribution in [-0.4, -0.2) is 10.9 Å². The maximum Gasteiger partial charge on any atom is -1.00 e. The van der Waals surface area contributed by atoms with Crippen LogP contribution in [0.5, 0.6) is 0 Å². The first-order valence-electron chi connectivity index (χ1n) is 11.3. The van der Waals surface area contributed by atoms with Gasteiger partial charge in [0, 0.05) is 0 Å². The fraction of sp³-hybridized carbons (Fsp3) is 0.429. The summed E-state index contributed by atoms with van der Waals surface area (Å²) in [6.07, 6.45) is 24.2. The molecule has 0 heterocycles. The fourth-order valence-corrected chi connectivity index (χ4v) is 3.37. The van der Waals surface area contributed by atoms with E-state index < -0.39 is 0 Å². The van der Waals surface area contributed by atoms with Crippen LogP contribution in [0.3, 0.4) is 0 Å². The standard InChI is InChI=1S/2C12H13.2C2H6Si.2ClH.2Zr/c2*1-9-7-8-12(10(9)2)11-5-3-4-6-11;2*1-3-2;;;;/h2*3-5H,6-7H2,1-2H3;2*1-2H3;2*1H;;/q2*-1;;;;;;/p-2. The third kappa shape index (κ3) is 13.9. The quantitative estimate of drug-likeness (QED) is 0.310. The summed E-state index contributed by atoms with van der Waals surface area (Å²) in [6, 6.07) is 0. The van der Waals surface area contributed by atoms with Gasteiger partial charge in [-0.15, -0.1) is 34.4 Å². The molecule has 0 atom stereocenters. The Bertz CT molecular complexity index is 900. The molecule has 0 saturated carbocycles. The van der Waals surface area contributed by atoms with Crippen molar-refractivity contribution in [2.45, 2.75) is 79.6 Å². The molecule has 0 amide bonds. The van der Waals surface area contributed by atoms with Gasteiger partial charge in [-0.05, 0) is 0 Å². The first-order chi connectivity index (χ1) is 15.0. The molecule has 184 valence electrons. The smallest absolute Gasteiger partial charge is 1.00 e. The normalized spacial score (nSPS) is 16.9. The van der Waals surface area contributed by atoms with E-state index in [9.17, 15) is 0 Å². The van der Waals surface area contributed by atoms with Crippen LogP contribution in [0.15, 0.2) is 81.0 Å². The SMILES string of the molecule is CC1=C(C)C(C2=CC=CC2)=[C-]C1.CC1=C(C)C(C2=CC=CC2)=[C-]C1.C[Si](C)=[Zr].C[Si](C)=[Zr].[Cl-].[Cl-]. The van der Waals surface area contributed by atoms with Gasteiger partial charge in [-0.3, -0.25) is 0 Å². The minimum Gasteiger partial charge on any atom is -1.00 e. The first-order valence-corrected chi connectivity index (χ1v) is 23.7. The van der Waals surface area contributed by atoms with Gasteiger partial charge in [-0.2, -0.15) is 34.4 Å². The van der Waals surface area contributed by atoms with Gasteiger partial charge in [-0.1, -0.05) is 77.7 Å². The van der Waals surface area contributed by atoms with Crippen LogP contribution in [0.2, 0.25) is 26.2 Å². The largest absolute Gasteiger partial charge is 1.00 e. The maximum atomic E-state index is 3.43. The topological polar surface area (TPSA) is 0 Å². The second-order valence-electron chi connectivity index (χ2n) is 8.92. The van der Waals surface area contributed by atoms with Crippen molar-refractivity contribution < 1.29 is 71.5 Å². The summed E-state index contributed by atoms with van der Waals surface area (Å²) >= 11 is 3.48. The van der Waals surface area contributed by atoms with Crippen molar-refractivity contribution >= 4 is 10.9 Å². The van der Waals surface area contributed by atoms with Crippen molar-refractivity contribution in [2.75, 3.05) is 0 Å². The molecule has 0 aliphatic heterocycles. The summed E-state index contributed by atoms with van der Waals surface area (Å²) in [5.74, 6) is 0. The molecule has 34 heavy (non-hydrogen) atoms. The number of allylic oxidation sites excluding steroid dienone is 16. The molecule has 0 radical (unpaired) electrons. The molecule has 0 bridgehead atoms. The van der Waals surface area contributed by atoms with Crippen molar-refractivity contribution in [3.05, 3.63) is 93.2 Å². The Balaban J connectivity index is 0. The van der Waals surface area contributed by atoms with E-state index in [1.165, 1.54) is 44.6 Å². The molecule has 4 aliphatic carbocycles. The average molecular weight is 684 g/mol. The molecule has 0 fully saturated rings. The Hall–Kier alpha value is 0.700. The van der Waals surface area contributed by atoms with Gasteiger partial charge in [0.25, 0.3) is 0 Å². The summed E-state index contributed by atoms with van der Waals surface area (Å²) in [7, 11) is 0. The molecule has 0 aromatic heterocycles. The second kappa shape index (κ2) is 19.8. The van der Waals surface area contributed by atoms with E-state index in [1.54, 1.807) is 46.7 Å². The molecular formula is C28H38Cl2Si2Zr2-4. The summed E-state index contributed by atoms with van der Waals surface area (Å²) < 4.78 is 0. The van der Waals surface area contributed by atoms with Crippen LogP contribution < -0.4 is 24.8 Å². The third-order valence-electron chi connectivity index (χ3n) is 5.28. The van der Waals surface area contributed by atoms with Crippen LogP contribution in [0.25, 0.3) is 0 Å². The Morgan fingerprint density at radius 3 is 1.12 bits per heavy atom. The van der Waals surface area contributed by atoms with Gasteiger partial charge in [0.1, 0.15) is 0 Å². The zero-order valence-electron chi connectivity index (χ0n) is 22.0. The van der Waals surface area contributed by atoms with Crippen molar-refractivity contribution in [3.63, 3.8) is 0 Å². The number of hydrogen-bond acceptors (Lipinski definition) is 0. The van der Waals surface area contributed by atoms with Crippen LogP contribution in [0.1, 0.15) is 53.4 Å². The van der Waals surface area contributed by atoms with E-state index in [0.29, 0.717) is 0 Å². The Morgan fingerprint density at radius 1 is 0.647 bits per heavy atom. The second-order valence-corrected chi connectivity index (χ2v) is 27.7. The van der Waals surface area contributed by atoms with E-state index in [4.69, 9.17) is 0 Å². The van der Waals surface area contributed by atoms with Gasteiger partial charge in [-0.25, -0.2) is 0 Å². The van der Waals surface area contributed by atoms with Gasteiger partial charge in [0.15, 0.2) is 0 Å². The summed E-state index contributed by atoms with van der Waals surface area (Å²) in [4.78, 5) is 0. The fourth-order valence-electron chi connectivity index (χ4n) is 3.37. The van der Waals surface area contributed by atoms with E-state index in [1.807, 2.05) is 0 Å². The van der Waals surface area contributed by atoms with Crippen molar-refractivity contribution in [3.8, 4) is 0 Å². The van der Waals surface area contributed by atoms with Gasteiger partial charge in [0.05, 0.1) is 0 Å². The first kappa shape index (κ1) is 36.9. The van der Waals surface area contributed by atoms with Gasteiger partial charge < -0.3 is 24.8 Å². The number of hydrogen-bond donors (Lipinski definition) is 0. The summed E-state index contributed by atoms with van der Waals surface area (Å²) in [5.41, 5.74) is 11.8. The zero-order valence-corrected chi connectivity index (χ0v) is 30.5. The molecular weight excluding hydrogens is 646 g/mol. The predicted molar refractivity (Wildman–Crippen MR) is 138 cm³/mol. The molecule has 6 heteroatoms. The third-order valence-corrected chi connectivity index (χ3v) is 5.28.